The van der Waals surface area contributed by atoms with E-state index in [1.165, 1.54) is 11.5 Å². The minimum absolute atomic E-state index is 0.998. The van der Waals surface area contributed by atoms with Crippen LogP contribution in [-0.2, 0) is 0 Å². The van der Waals surface area contributed by atoms with E-state index in [1.54, 1.807) is 4.24 Å². The lowest BCUT2D eigenvalue weighted by atomic mass is 11.0. The third-order valence-corrected chi connectivity index (χ3v) is 4.79. The second-order valence-corrected chi connectivity index (χ2v) is 11.6. The molecule has 0 aliphatic carbocycles. The first-order valence-electron chi connectivity index (χ1n) is 4.48. The van der Waals surface area contributed by atoms with Crippen LogP contribution in [0.15, 0.2) is 9.94 Å². The summed E-state index contributed by atoms with van der Waals surface area (Å²) in [5.41, 5.74) is 2.51. The summed E-state index contributed by atoms with van der Waals surface area (Å²) in [6.07, 6.45) is 0. The van der Waals surface area contributed by atoms with Crippen molar-refractivity contribution in [1.29, 1.82) is 0 Å². The quantitative estimate of drug-likeness (QED) is 0.637. The summed E-state index contributed by atoms with van der Waals surface area (Å²) in [6, 6.07) is 0. The van der Waals surface area contributed by atoms with Crippen LogP contribution in [0, 0.1) is 0 Å². The highest BCUT2D eigenvalue weighted by Gasteiger charge is 2.10. The van der Waals surface area contributed by atoms with Gasteiger partial charge in [-0.05, 0) is 11.5 Å². The molecule has 0 radical (unpaired) electrons. The SMILES string of the molecule is CCSC(=C[Si](C)(C)C)SCC. The molecule has 0 unspecified atom stereocenters. The molecule has 0 bridgehead atoms. The Morgan fingerprint density at radius 3 is 1.75 bits per heavy atom. The number of hydrogen-bond donors (Lipinski definition) is 0. The third kappa shape index (κ3) is 7.31. The third-order valence-electron chi connectivity index (χ3n) is 1.12. The molecule has 0 saturated carbocycles. The second-order valence-electron chi connectivity index (χ2n) is 3.70. The molecule has 3 heteroatoms. The van der Waals surface area contributed by atoms with Crippen LogP contribution in [0.4, 0.5) is 0 Å². The van der Waals surface area contributed by atoms with E-state index in [4.69, 9.17) is 0 Å². The van der Waals surface area contributed by atoms with Crippen molar-refractivity contribution in [2.75, 3.05) is 11.5 Å². The molecule has 0 nitrogen and oxygen atoms in total. The molecule has 0 aliphatic heterocycles. The fourth-order valence-corrected chi connectivity index (χ4v) is 5.87. The maximum absolute atomic E-state index is 2.51. The van der Waals surface area contributed by atoms with Gasteiger partial charge in [0.05, 0.1) is 8.07 Å². The minimum Gasteiger partial charge on any atom is -0.120 e. The van der Waals surface area contributed by atoms with Crippen LogP contribution < -0.4 is 0 Å². The highest BCUT2D eigenvalue weighted by Crippen LogP contribution is 2.29. The van der Waals surface area contributed by atoms with E-state index in [0.29, 0.717) is 0 Å². The zero-order valence-corrected chi connectivity index (χ0v) is 11.4. The van der Waals surface area contributed by atoms with Crippen molar-refractivity contribution >= 4 is 31.6 Å². The van der Waals surface area contributed by atoms with Gasteiger partial charge in [-0.15, -0.1) is 23.5 Å². The van der Waals surface area contributed by atoms with Crippen molar-refractivity contribution in [2.24, 2.45) is 0 Å². The zero-order valence-electron chi connectivity index (χ0n) is 8.81. The van der Waals surface area contributed by atoms with Gasteiger partial charge in [0.25, 0.3) is 0 Å². The van der Waals surface area contributed by atoms with Crippen LogP contribution >= 0.6 is 23.5 Å². The highest BCUT2D eigenvalue weighted by atomic mass is 32.2. The van der Waals surface area contributed by atoms with Crippen LogP contribution in [0.2, 0.25) is 19.6 Å². The van der Waals surface area contributed by atoms with E-state index in [-0.39, 0.29) is 0 Å². The normalized spacial score (nSPS) is 11.4. The minimum atomic E-state index is -0.998. The topological polar surface area (TPSA) is 0 Å². The monoisotopic (exact) mass is 220 g/mol. The van der Waals surface area contributed by atoms with E-state index in [2.05, 4.69) is 39.2 Å². The van der Waals surface area contributed by atoms with Crippen LogP contribution in [-0.4, -0.2) is 19.6 Å². The molecule has 0 rings (SSSR count). The van der Waals surface area contributed by atoms with Gasteiger partial charge < -0.3 is 0 Å². The van der Waals surface area contributed by atoms with Gasteiger partial charge in [0.15, 0.2) is 0 Å². The average molecular weight is 220 g/mol. The van der Waals surface area contributed by atoms with Crippen LogP contribution in [0.25, 0.3) is 0 Å². The Balaban J connectivity index is 4.17. The smallest absolute Gasteiger partial charge is 0.0708 e. The summed E-state index contributed by atoms with van der Waals surface area (Å²) in [5, 5.41) is 0. The molecule has 0 atom stereocenters. The Hall–Kier alpha value is 0.657. The first-order valence-corrected chi connectivity index (χ1v) is 10.0. The molecule has 0 aromatic rings. The van der Waals surface area contributed by atoms with Gasteiger partial charge in [-0.2, -0.15) is 0 Å². The molecule has 0 amide bonds. The molecular formula is C9H20S2Si. The zero-order chi connectivity index (χ0) is 9.61. The fraction of sp³-hybridized carbons (Fsp3) is 0.778. The van der Waals surface area contributed by atoms with E-state index < -0.39 is 8.07 Å². The lowest BCUT2D eigenvalue weighted by Gasteiger charge is -2.12. The van der Waals surface area contributed by atoms with Gasteiger partial charge in [0.2, 0.25) is 0 Å². The van der Waals surface area contributed by atoms with Gasteiger partial charge in [-0.3, -0.25) is 0 Å². The summed E-state index contributed by atoms with van der Waals surface area (Å²) in [5.74, 6) is 2.40. The number of thioether (sulfide) groups is 2. The predicted octanol–water partition coefficient (Wildman–Crippen LogP) is 4.21. The summed E-state index contributed by atoms with van der Waals surface area (Å²) in [4.78, 5) is 0. The van der Waals surface area contributed by atoms with Crippen LogP contribution in [0.3, 0.4) is 0 Å². The van der Waals surface area contributed by atoms with Crippen molar-refractivity contribution in [1.82, 2.24) is 0 Å². The highest BCUT2D eigenvalue weighted by molar-refractivity contribution is 8.22. The molecule has 0 aliphatic rings. The lowest BCUT2D eigenvalue weighted by Crippen LogP contribution is -2.16. The first kappa shape index (κ1) is 12.7. The van der Waals surface area contributed by atoms with Crippen molar-refractivity contribution < 1.29 is 0 Å². The van der Waals surface area contributed by atoms with Gasteiger partial charge in [0.1, 0.15) is 0 Å². The van der Waals surface area contributed by atoms with Gasteiger partial charge >= 0.3 is 0 Å². The van der Waals surface area contributed by atoms with Crippen molar-refractivity contribution in [3.8, 4) is 0 Å². The molecule has 0 N–H and O–H groups in total. The van der Waals surface area contributed by atoms with E-state index in [0.717, 1.165) is 0 Å². The summed E-state index contributed by atoms with van der Waals surface area (Å²) in [7, 11) is -0.998. The summed E-state index contributed by atoms with van der Waals surface area (Å²) < 4.78 is 1.54. The predicted molar refractivity (Wildman–Crippen MR) is 67.7 cm³/mol. The van der Waals surface area contributed by atoms with E-state index >= 15 is 0 Å². The van der Waals surface area contributed by atoms with Crippen molar-refractivity contribution in [3.05, 3.63) is 9.94 Å². The molecule has 0 heterocycles. The van der Waals surface area contributed by atoms with Crippen molar-refractivity contribution in [3.63, 3.8) is 0 Å². The number of rotatable bonds is 5. The standard InChI is InChI=1S/C9H20S2Si/c1-6-10-9(11-7-2)8-12(3,4)5/h8H,6-7H2,1-5H3. The second kappa shape index (κ2) is 6.16. The number of hydrogen-bond acceptors (Lipinski definition) is 2. The van der Waals surface area contributed by atoms with Crippen LogP contribution in [0.5, 0.6) is 0 Å². The first-order chi connectivity index (χ1) is 5.49. The maximum Gasteiger partial charge on any atom is 0.0708 e. The summed E-state index contributed by atoms with van der Waals surface area (Å²) in [6.45, 7) is 11.6. The molecule has 0 aromatic carbocycles. The summed E-state index contributed by atoms with van der Waals surface area (Å²) >= 11 is 3.97. The van der Waals surface area contributed by atoms with Gasteiger partial charge in [-0.1, -0.05) is 39.2 Å². The average Bonchev–Trinajstić information content (AvgIpc) is 1.84. The molecular weight excluding hydrogens is 200 g/mol. The molecule has 0 fully saturated rings. The van der Waals surface area contributed by atoms with Gasteiger partial charge in [0, 0.05) is 4.24 Å². The molecule has 0 aromatic heterocycles. The Labute approximate surface area is 86.6 Å². The maximum atomic E-state index is 2.51. The Kier molecular flexibility index (Phi) is 6.50. The molecule has 72 valence electrons. The lowest BCUT2D eigenvalue weighted by molar-refractivity contribution is 1.52. The van der Waals surface area contributed by atoms with Crippen molar-refractivity contribution in [2.45, 2.75) is 33.5 Å². The largest absolute Gasteiger partial charge is 0.120 e. The molecule has 12 heavy (non-hydrogen) atoms. The molecule has 0 spiro atoms. The van der Waals surface area contributed by atoms with E-state index in [1.807, 2.05) is 23.5 Å². The van der Waals surface area contributed by atoms with E-state index in [9.17, 15) is 0 Å². The molecule has 0 saturated heterocycles. The Bertz CT molecular complexity index is 139. The van der Waals surface area contributed by atoms with Gasteiger partial charge in [-0.25, -0.2) is 0 Å². The Morgan fingerprint density at radius 2 is 1.50 bits per heavy atom. The Morgan fingerprint density at radius 1 is 1.08 bits per heavy atom. The van der Waals surface area contributed by atoms with Crippen LogP contribution in [0.1, 0.15) is 13.8 Å². The fourth-order valence-electron chi connectivity index (χ4n) is 0.763.